The Morgan fingerprint density at radius 2 is 2.33 bits per heavy atom. The second kappa shape index (κ2) is 5.56. The quantitative estimate of drug-likeness (QED) is 0.814. The summed E-state index contributed by atoms with van der Waals surface area (Å²) < 4.78 is 4.71. The van der Waals surface area contributed by atoms with E-state index >= 15 is 0 Å². The molecular formula is C11H12N4O2S. The van der Waals surface area contributed by atoms with E-state index in [-0.39, 0.29) is 12.5 Å². The molecule has 0 radical (unpaired) electrons. The molecule has 0 unspecified atom stereocenters. The highest BCUT2D eigenvalue weighted by Gasteiger charge is 2.09. The van der Waals surface area contributed by atoms with Gasteiger partial charge in [0.2, 0.25) is 5.13 Å². The van der Waals surface area contributed by atoms with Gasteiger partial charge in [-0.25, -0.2) is 0 Å². The van der Waals surface area contributed by atoms with Gasteiger partial charge in [0.05, 0.1) is 0 Å². The maximum absolute atomic E-state index is 11.3. The number of amides is 1. The molecule has 2 rings (SSSR count). The largest absolute Gasteiger partial charge is 0.399 e. The van der Waals surface area contributed by atoms with Crippen LogP contribution in [-0.2, 0) is 9.53 Å². The topological polar surface area (TPSA) is 90.1 Å². The average Bonchev–Trinajstić information content (AvgIpc) is 2.78. The van der Waals surface area contributed by atoms with E-state index in [0.717, 1.165) is 5.56 Å². The van der Waals surface area contributed by atoms with Crippen LogP contribution in [0.15, 0.2) is 24.3 Å². The molecule has 2 aromatic rings. The number of nitrogens with two attached hydrogens (primary N) is 1. The number of nitrogens with one attached hydrogen (secondary N) is 1. The molecule has 0 bridgehead atoms. The standard InChI is InChI=1S/C11H12N4O2S/c1-17-6-9(16)13-11-15-14-10(18-11)7-3-2-4-8(12)5-7/h2-5H,6,12H2,1H3,(H,13,15,16). The SMILES string of the molecule is COCC(=O)Nc1nnc(-c2cccc(N)c2)s1. The van der Waals surface area contributed by atoms with Gasteiger partial charge in [-0.3, -0.25) is 10.1 Å². The fraction of sp³-hybridized carbons (Fsp3) is 0.182. The van der Waals surface area contributed by atoms with Crippen molar-refractivity contribution in [3.8, 4) is 10.6 Å². The number of nitrogens with zero attached hydrogens (tertiary/aromatic N) is 2. The normalized spacial score (nSPS) is 10.3. The van der Waals surface area contributed by atoms with Gasteiger partial charge in [-0.2, -0.15) is 0 Å². The van der Waals surface area contributed by atoms with E-state index in [1.54, 1.807) is 12.1 Å². The van der Waals surface area contributed by atoms with Crippen LogP contribution in [0.25, 0.3) is 10.6 Å². The molecule has 0 atom stereocenters. The second-order valence-electron chi connectivity index (χ2n) is 3.52. The van der Waals surface area contributed by atoms with E-state index < -0.39 is 0 Å². The summed E-state index contributed by atoms with van der Waals surface area (Å²) in [6.45, 7) is -0.00675. The molecule has 0 aliphatic rings. The molecule has 6 nitrogen and oxygen atoms in total. The van der Waals surface area contributed by atoms with Gasteiger partial charge >= 0.3 is 0 Å². The van der Waals surface area contributed by atoms with Gasteiger partial charge in [0, 0.05) is 18.4 Å². The highest BCUT2D eigenvalue weighted by atomic mass is 32.1. The molecule has 0 saturated heterocycles. The smallest absolute Gasteiger partial charge is 0.252 e. The lowest BCUT2D eigenvalue weighted by Gasteiger charge is -1.98. The Balaban J connectivity index is 2.13. The molecule has 1 aromatic carbocycles. The van der Waals surface area contributed by atoms with Crippen LogP contribution in [0.3, 0.4) is 0 Å². The van der Waals surface area contributed by atoms with E-state index in [9.17, 15) is 4.79 Å². The van der Waals surface area contributed by atoms with Gasteiger partial charge in [-0.05, 0) is 12.1 Å². The van der Waals surface area contributed by atoms with Gasteiger partial charge < -0.3 is 10.5 Å². The Hall–Kier alpha value is -1.99. The number of methoxy groups -OCH3 is 1. The molecule has 0 aliphatic carbocycles. The number of carbonyl (C=O) groups is 1. The van der Waals surface area contributed by atoms with Crippen LogP contribution in [-0.4, -0.2) is 29.8 Å². The summed E-state index contributed by atoms with van der Waals surface area (Å²) >= 11 is 1.28. The van der Waals surface area contributed by atoms with Gasteiger partial charge in [-0.15, -0.1) is 10.2 Å². The van der Waals surface area contributed by atoms with Crippen molar-refractivity contribution in [1.82, 2.24) is 10.2 Å². The van der Waals surface area contributed by atoms with Crippen LogP contribution >= 0.6 is 11.3 Å². The Kier molecular flexibility index (Phi) is 3.85. The zero-order valence-corrected chi connectivity index (χ0v) is 10.5. The van der Waals surface area contributed by atoms with Crippen LogP contribution in [0.4, 0.5) is 10.8 Å². The number of nitrogen functional groups attached to an aromatic ring is 1. The first kappa shape index (κ1) is 12.5. The minimum absolute atomic E-state index is 0.00675. The molecule has 0 saturated carbocycles. The maximum atomic E-state index is 11.3. The zero-order chi connectivity index (χ0) is 13.0. The second-order valence-corrected chi connectivity index (χ2v) is 4.50. The number of benzene rings is 1. The van der Waals surface area contributed by atoms with E-state index in [1.165, 1.54) is 18.4 Å². The summed E-state index contributed by atoms with van der Waals surface area (Å²) in [4.78, 5) is 11.3. The molecule has 18 heavy (non-hydrogen) atoms. The highest BCUT2D eigenvalue weighted by Crippen LogP contribution is 2.27. The van der Waals surface area contributed by atoms with Crippen molar-refractivity contribution in [2.24, 2.45) is 0 Å². The summed E-state index contributed by atoms with van der Waals surface area (Å²) in [5, 5.41) is 11.6. The molecule has 3 N–H and O–H groups in total. The lowest BCUT2D eigenvalue weighted by atomic mass is 10.2. The third-order valence-electron chi connectivity index (χ3n) is 2.08. The monoisotopic (exact) mass is 264 g/mol. The third-order valence-corrected chi connectivity index (χ3v) is 2.97. The first-order valence-electron chi connectivity index (χ1n) is 5.17. The molecule has 0 spiro atoms. The fourth-order valence-corrected chi connectivity index (χ4v) is 2.10. The Bertz CT molecular complexity index is 555. The van der Waals surface area contributed by atoms with Gasteiger partial charge in [0.1, 0.15) is 11.6 Å². The van der Waals surface area contributed by atoms with Crippen molar-refractivity contribution in [2.45, 2.75) is 0 Å². The van der Waals surface area contributed by atoms with Crippen molar-refractivity contribution >= 4 is 28.1 Å². The Labute approximate surface area is 108 Å². The zero-order valence-electron chi connectivity index (χ0n) is 9.71. The predicted molar refractivity (Wildman–Crippen MR) is 70.3 cm³/mol. The minimum Gasteiger partial charge on any atom is -0.399 e. The predicted octanol–water partition coefficient (Wildman–Crippen LogP) is 1.37. The summed E-state index contributed by atoms with van der Waals surface area (Å²) in [5.74, 6) is -0.257. The van der Waals surface area contributed by atoms with Crippen LogP contribution in [0.5, 0.6) is 0 Å². The molecule has 1 heterocycles. The van der Waals surface area contributed by atoms with Crippen LogP contribution in [0, 0.1) is 0 Å². The van der Waals surface area contributed by atoms with Crippen molar-refractivity contribution in [3.05, 3.63) is 24.3 Å². The summed E-state index contributed by atoms with van der Waals surface area (Å²) in [7, 11) is 1.46. The fourth-order valence-electron chi connectivity index (χ4n) is 1.35. The number of hydrogen-bond acceptors (Lipinski definition) is 6. The van der Waals surface area contributed by atoms with E-state index in [4.69, 9.17) is 10.5 Å². The summed E-state index contributed by atoms with van der Waals surface area (Å²) in [6, 6.07) is 7.33. The van der Waals surface area contributed by atoms with Crippen molar-refractivity contribution < 1.29 is 9.53 Å². The van der Waals surface area contributed by atoms with Gasteiger partial charge in [0.25, 0.3) is 5.91 Å². The number of hydrogen-bond donors (Lipinski definition) is 2. The maximum Gasteiger partial charge on any atom is 0.252 e. The number of anilines is 2. The third kappa shape index (κ3) is 3.02. The summed E-state index contributed by atoms with van der Waals surface area (Å²) in [5.41, 5.74) is 7.23. The minimum atomic E-state index is -0.257. The molecule has 1 aromatic heterocycles. The van der Waals surface area contributed by atoms with Gasteiger partial charge in [-0.1, -0.05) is 23.5 Å². The van der Waals surface area contributed by atoms with Crippen molar-refractivity contribution in [1.29, 1.82) is 0 Å². The number of carbonyl (C=O) groups excluding carboxylic acids is 1. The number of rotatable bonds is 4. The number of ether oxygens (including phenoxy) is 1. The molecule has 7 heteroatoms. The average molecular weight is 264 g/mol. The molecule has 0 aliphatic heterocycles. The van der Waals surface area contributed by atoms with Crippen LogP contribution in [0.2, 0.25) is 0 Å². The van der Waals surface area contributed by atoms with E-state index in [2.05, 4.69) is 15.5 Å². The Morgan fingerprint density at radius 1 is 1.50 bits per heavy atom. The molecular weight excluding hydrogens is 252 g/mol. The van der Waals surface area contributed by atoms with Crippen molar-refractivity contribution in [2.75, 3.05) is 24.8 Å². The van der Waals surface area contributed by atoms with E-state index in [1.807, 2.05) is 12.1 Å². The van der Waals surface area contributed by atoms with Gasteiger partial charge in [0.15, 0.2) is 0 Å². The Morgan fingerprint density at radius 3 is 3.06 bits per heavy atom. The number of aromatic nitrogens is 2. The lowest BCUT2D eigenvalue weighted by Crippen LogP contribution is -2.16. The lowest BCUT2D eigenvalue weighted by molar-refractivity contribution is -0.119. The summed E-state index contributed by atoms with van der Waals surface area (Å²) in [6.07, 6.45) is 0. The first-order valence-corrected chi connectivity index (χ1v) is 5.99. The van der Waals surface area contributed by atoms with Crippen LogP contribution in [0.1, 0.15) is 0 Å². The molecule has 0 fully saturated rings. The molecule has 1 amide bonds. The first-order chi connectivity index (χ1) is 8.69. The molecule has 94 valence electrons. The van der Waals surface area contributed by atoms with E-state index in [0.29, 0.717) is 15.8 Å². The van der Waals surface area contributed by atoms with Crippen molar-refractivity contribution in [3.63, 3.8) is 0 Å². The highest BCUT2D eigenvalue weighted by molar-refractivity contribution is 7.18. The van der Waals surface area contributed by atoms with Crippen LogP contribution < -0.4 is 11.1 Å².